The van der Waals surface area contributed by atoms with Gasteiger partial charge in [0.2, 0.25) is 0 Å². The average molecular weight is 304 g/mol. The SMILES string of the molecule is CCCC(CCCCCCCCO)S(=O)(=O)[O-].[K+]. The molecular weight excluding hydrogens is 279 g/mol. The summed E-state index contributed by atoms with van der Waals surface area (Å²) in [5, 5.41) is 7.90. The summed E-state index contributed by atoms with van der Waals surface area (Å²) in [6.45, 7) is 2.14. The van der Waals surface area contributed by atoms with E-state index in [9.17, 15) is 13.0 Å². The fourth-order valence-electron chi connectivity index (χ4n) is 1.95. The zero-order chi connectivity index (χ0) is 13.1. The fraction of sp³-hybridized carbons (Fsp3) is 1.00. The van der Waals surface area contributed by atoms with Crippen molar-refractivity contribution in [3.63, 3.8) is 0 Å². The minimum Gasteiger partial charge on any atom is -0.748 e. The summed E-state index contributed by atoms with van der Waals surface area (Å²) >= 11 is 0. The predicted octanol–water partition coefficient (Wildman–Crippen LogP) is -0.573. The van der Waals surface area contributed by atoms with E-state index in [1.165, 1.54) is 0 Å². The van der Waals surface area contributed by atoms with Gasteiger partial charge in [0, 0.05) is 11.9 Å². The van der Waals surface area contributed by atoms with Crippen LogP contribution >= 0.6 is 0 Å². The van der Waals surface area contributed by atoms with E-state index in [0.29, 0.717) is 12.8 Å². The van der Waals surface area contributed by atoms with Crippen LogP contribution in [-0.4, -0.2) is 29.9 Å². The summed E-state index contributed by atoms with van der Waals surface area (Å²) in [5.74, 6) is 0. The molecule has 0 aliphatic heterocycles. The molecule has 0 saturated carbocycles. The van der Waals surface area contributed by atoms with Gasteiger partial charge in [0.05, 0.1) is 10.1 Å². The number of hydrogen-bond acceptors (Lipinski definition) is 4. The summed E-state index contributed by atoms with van der Waals surface area (Å²) in [5.41, 5.74) is 0. The second kappa shape index (κ2) is 13.5. The van der Waals surface area contributed by atoms with Crippen molar-refractivity contribution >= 4 is 10.1 Å². The third-order valence-electron chi connectivity index (χ3n) is 2.95. The van der Waals surface area contributed by atoms with Gasteiger partial charge in [-0.15, -0.1) is 0 Å². The second-order valence-corrected chi connectivity index (χ2v) is 6.19. The zero-order valence-electron chi connectivity index (χ0n) is 11.7. The summed E-state index contributed by atoms with van der Waals surface area (Å²) in [4.78, 5) is 0. The Bertz CT molecular complexity index is 267. The van der Waals surface area contributed by atoms with Crippen LogP contribution in [0.3, 0.4) is 0 Å². The molecule has 18 heavy (non-hydrogen) atoms. The summed E-state index contributed by atoms with van der Waals surface area (Å²) in [6.07, 6.45) is 7.49. The van der Waals surface area contributed by atoms with Gasteiger partial charge in [0.1, 0.15) is 0 Å². The van der Waals surface area contributed by atoms with Gasteiger partial charge >= 0.3 is 51.4 Å². The molecule has 0 saturated heterocycles. The molecule has 0 amide bonds. The summed E-state index contributed by atoms with van der Waals surface area (Å²) < 4.78 is 32.8. The largest absolute Gasteiger partial charge is 1.00 e. The van der Waals surface area contributed by atoms with Gasteiger partial charge in [-0.3, -0.25) is 0 Å². The Labute approximate surface area is 154 Å². The van der Waals surface area contributed by atoms with Crippen molar-refractivity contribution in [3.05, 3.63) is 0 Å². The Morgan fingerprint density at radius 1 is 1.00 bits per heavy atom. The van der Waals surface area contributed by atoms with Crippen LogP contribution in [0.4, 0.5) is 0 Å². The number of unbranched alkanes of at least 4 members (excludes halogenated alkanes) is 5. The van der Waals surface area contributed by atoms with E-state index in [4.69, 9.17) is 5.11 Å². The van der Waals surface area contributed by atoms with Crippen LogP contribution in [0.1, 0.15) is 64.7 Å². The molecule has 0 bridgehead atoms. The maximum absolute atomic E-state index is 10.9. The normalized spacial score (nSPS) is 13.1. The van der Waals surface area contributed by atoms with Gasteiger partial charge in [0.25, 0.3) is 0 Å². The smallest absolute Gasteiger partial charge is 0.748 e. The maximum Gasteiger partial charge on any atom is 1.00 e. The van der Waals surface area contributed by atoms with Crippen molar-refractivity contribution in [3.8, 4) is 0 Å². The molecule has 0 aromatic heterocycles. The maximum atomic E-state index is 10.9. The first-order chi connectivity index (χ1) is 8.02. The van der Waals surface area contributed by atoms with Crippen molar-refractivity contribution < 1.29 is 69.5 Å². The van der Waals surface area contributed by atoms with Gasteiger partial charge in [-0.1, -0.05) is 45.4 Å². The molecular formula is C12H25KO4S. The topological polar surface area (TPSA) is 77.4 Å². The van der Waals surface area contributed by atoms with Crippen molar-refractivity contribution in [2.45, 2.75) is 70.0 Å². The molecule has 0 aliphatic carbocycles. The minimum absolute atomic E-state index is 0. The van der Waals surface area contributed by atoms with Gasteiger partial charge in [-0.25, -0.2) is 8.42 Å². The number of hydrogen-bond donors (Lipinski definition) is 1. The van der Waals surface area contributed by atoms with E-state index >= 15 is 0 Å². The molecule has 1 unspecified atom stereocenters. The minimum atomic E-state index is -4.11. The fourth-order valence-corrected chi connectivity index (χ4v) is 2.93. The van der Waals surface area contributed by atoms with E-state index in [-0.39, 0.29) is 58.0 Å². The van der Waals surface area contributed by atoms with Crippen LogP contribution in [0, 0.1) is 0 Å². The molecule has 0 aromatic carbocycles. The van der Waals surface area contributed by atoms with E-state index in [2.05, 4.69) is 0 Å². The molecule has 0 rings (SSSR count). The molecule has 0 fully saturated rings. The molecule has 1 atom stereocenters. The number of aliphatic hydroxyl groups is 1. The molecule has 6 heteroatoms. The Hall–Kier alpha value is 1.51. The summed E-state index contributed by atoms with van der Waals surface area (Å²) in [7, 11) is -4.11. The van der Waals surface area contributed by atoms with Gasteiger partial charge in [-0.05, 0) is 19.3 Å². The Morgan fingerprint density at radius 2 is 1.50 bits per heavy atom. The first-order valence-electron chi connectivity index (χ1n) is 6.58. The Morgan fingerprint density at radius 3 is 1.94 bits per heavy atom. The Balaban J connectivity index is 0. The quantitative estimate of drug-likeness (QED) is 0.315. The van der Waals surface area contributed by atoms with Crippen molar-refractivity contribution in [1.29, 1.82) is 0 Å². The standard InChI is InChI=1S/C12H26O4S.K/c1-2-9-12(17(14,15)16)10-7-5-3-4-6-8-11-13;/h12-13H,2-11H2,1H3,(H,14,15,16);/q;+1/p-1. The predicted molar refractivity (Wildman–Crippen MR) is 67.8 cm³/mol. The van der Waals surface area contributed by atoms with Gasteiger partial charge in [0.15, 0.2) is 0 Å². The first kappa shape index (κ1) is 21.8. The Kier molecular flexibility index (Phi) is 16.3. The third kappa shape index (κ3) is 12.5. The number of aliphatic hydroxyl groups excluding tert-OH is 1. The van der Waals surface area contributed by atoms with Crippen LogP contribution in [0.5, 0.6) is 0 Å². The van der Waals surface area contributed by atoms with Crippen LogP contribution in [0.25, 0.3) is 0 Å². The molecule has 104 valence electrons. The van der Waals surface area contributed by atoms with E-state index in [0.717, 1.165) is 44.9 Å². The van der Waals surface area contributed by atoms with E-state index in [1.807, 2.05) is 6.92 Å². The number of rotatable bonds is 11. The second-order valence-electron chi connectivity index (χ2n) is 4.54. The van der Waals surface area contributed by atoms with Gasteiger partial charge < -0.3 is 9.66 Å². The molecule has 4 nitrogen and oxygen atoms in total. The van der Waals surface area contributed by atoms with E-state index in [1.54, 1.807) is 0 Å². The van der Waals surface area contributed by atoms with Crippen LogP contribution in [-0.2, 0) is 10.1 Å². The summed E-state index contributed by atoms with van der Waals surface area (Å²) in [6, 6.07) is 0. The monoisotopic (exact) mass is 304 g/mol. The van der Waals surface area contributed by atoms with Gasteiger partial charge in [-0.2, -0.15) is 0 Å². The van der Waals surface area contributed by atoms with Crippen LogP contribution < -0.4 is 51.4 Å². The van der Waals surface area contributed by atoms with Crippen molar-refractivity contribution in [1.82, 2.24) is 0 Å². The van der Waals surface area contributed by atoms with Crippen LogP contribution in [0.2, 0.25) is 0 Å². The molecule has 0 spiro atoms. The van der Waals surface area contributed by atoms with E-state index < -0.39 is 15.4 Å². The first-order valence-corrected chi connectivity index (χ1v) is 8.05. The molecule has 0 radical (unpaired) electrons. The average Bonchev–Trinajstić information content (AvgIpc) is 2.25. The molecule has 0 aromatic rings. The van der Waals surface area contributed by atoms with Crippen LogP contribution in [0.15, 0.2) is 0 Å². The third-order valence-corrected chi connectivity index (χ3v) is 4.24. The zero-order valence-corrected chi connectivity index (χ0v) is 15.7. The molecule has 1 N–H and O–H groups in total. The molecule has 0 heterocycles. The van der Waals surface area contributed by atoms with Crippen molar-refractivity contribution in [2.24, 2.45) is 0 Å². The van der Waals surface area contributed by atoms with Crippen molar-refractivity contribution in [2.75, 3.05) is 6.61 Å². The molecule has 0 aliphatic rings.